The van der Waals surface area contributed by atoms with Gasteiger partial charge in [-0.25, -0.2) is 9.78 Å². The lowest BCUT2D eigenvalue weighted by molar-refractivity contribution is -0.137. The number of rotatable bonds is 8. The number of amides is 2. The first-order valence-corrected chi connectivity index (χ1v) is 7.89. The van der Waals surface area contributed by atoms with Crippen LogP contribution in [0.15, 0.2) is 6.20 Å². The number of thiazole rings is 1. The molecule has 0 saturated carbocycles. The van der Waals surface area contributed by atoms with Crippen molar-refractivity contribution in [2.75, 3.05) is 11.9 Å². The van der Waals surface area contributed by atoms with Gasteiger partial charge in [-0.2, -0.15) is 0 Å². The fraction of sp³-hybridized carbons (Fsp3) is 0.643. The zero-order valence-corrected chi connectivity index (χ0v) is 13.5. The molecule has 0 saturated heterocycles. The van der Waals surface area contributed by atoms with Gasteiger partial charge in [0.1, 0.15) is 0 Å². The monoisotopic (exact) mass is 313 g/mol. The molecule has 7 heteroatoms. The summed E-state index contributed by atoms with van der Waals surface area (Å²) in [7, 11) is 0. The fourth-order valence-corrected chi connectivity index (χ4v) is 2.70. The molecule has 1 rings (SSSR count). The third kappa shape index (κ3) is 7.08. The van der Waals surface area contributed by atoms with E-state index in [0.29, 0.717) is 29.9 Å². The van der Waals surface area contributed by atoms with E-state index >= 15 is 0 Å². The average Bonchev–Trinajstić information content (AvgIpc) is 2.78. The van der Waals surface area contributed by atoms with E-state index in [0.717, 1.165) is 11.3 Å². The number of anilines is 1. The molecule has 0 fully saturated rings. The van der Waals surface area contributed by atoms with Gasteiger partial charge in [-0.05, 0) is 31.6 Å². The summed E-state index contributed by atoms with van der Waals surface area (Å²) in [6, 6.07) is -0.273. The fourth-order valence-electron chi connectivity index (χ4n) is 2.04. The number of carboxylic acid groups (broad SMARTS) is 1. The number of carbonyl (C=O) groups excluding carboxylic acids is 1. The van der Waals surface area contributed by atoms with Crippen molar-refractivity contribution in [3.05, 3.63) is 11.1 Å². The van der Waals surface area contributed by atoms with Crippen LogP contribution in [0.1, 0.15) is 38.0 Å². The molecule has 6 nitrogen and oxygen atoms in total. The Hall–Kier alpha value is -1.63. The van der Waals surface area contributed by atoms with Crippen LogP contribution in [-0.4, -0.2) is 28.6 Å². The highest BCUT2D eigenvalue weighted by Gasteiger charge is 2.15. The van der Waals surface area contributed by atoms with E-state index in [1.807, 2.05) is 6.92 Å². The molecule has 1 unspecified atom stereocenters. The van der Waals surface area contributed by atoms with Crippen LogP contribution in [0.3, 0.4) is 0 Å². The summed E-state index contributed by atoms with van der Waals surface area (Å²) < 4.78 is 0. The molecule has 0 spiro atoms. The number of hydrogen-bond acceptors (Lipinski definition) is 4. The Morgan fingerprint density at radius 2 is 2.10 bits per heavy atom. The first-order chi connectivity index (χ1) is 9.88. The number of carboxylic acids is 1. The topological polar surface area (TPSA) is 91.3 Å². The summed E-state index contributed by atoms with van der Waals surface area (Å²) >= 11 is 1.42. The van der Waals surface area contributed by atoms with Gasteiger partial charge in [-0.1, -0.05) is 13.8 Å². The Bertz CT molecular complexity index is 474. The van der Waals surface area contributed by atoms with E-state index in [4.69, 9.17) is 5.11 Å². The van der Waals surface area contributed by atoms with Crippen LogP contribution in [0.25, 0.3) is 0 Å². The molecule has 1 aromatic rings. The van der Waals surface area contributed by atoms with Crippen LogP contribution < -0.4 is 10.6 Å². The lowest BCUT2D eigenvalue weighted by Crippen LogP contribution is -2.31. The van der Waals surface area contributed by atoms with Gasteiger partial charge in [0.15, 0.2) is 5.13 Å². The molecule has 1 aromatic heterocycles. The normalized spacial score (nSPS) is 12.2. The van der Waals surface area contributed by atoms with Crippen LogP contribution in [0.4, 0.5) is 9.93 Å². The second-order valence-corrected chi connectivity index (χ2v) is 6.62. The number of urea groups is 1. The van der Waals surface area contributed by atoms with Gasteiger partial charge in [0.05, 0.1) is 0 Å². The number of aromatic nitrogens is 1. The largest absolute Gasteiger partial charge is 0.481 e. The summed E-state index contributed by atoms with van der Waals surface area (Å²) in [5.41, 5.74) is 0. The molecule has 21 heavy (non-hydrogen) atoms. The van der Waals surface area contributed by atoms with Gasteiger partial charge in [0.2, 0.25) is 0 Å². The summed E-state index contributed by atoms with van der Waals surface area (Å²) in [6.07, 6.45) is 3.30. The number of hydrogen-bond donors (Lipinski definition) is 3. The lowest BCUT2D eigenvalue weighted by atomic mass is 9.88. The van der Waals surface area contributed by atoms with Crippen LogP contribution in [0.2, 0.25) is 0 Å². The van der Waals surface area contributed by atoms with Gasteiger partial charge < -0.3 is 10.4 Å². The molecule has 0 bridgehead atoms. The maximum atomic E-state index is 11.7. The molecule has 1 heterocycles. The molecular weight excluding hydrogens is 290 g/mol. The Kier molecular flexibility index (Phi) is 7.14. The highest BCUT2D eigenvalue weighted by atomic mass is 32.1. The Labute approximate surface area is 129 Å². The molecule has 0 aliphatic heterocycles. The summed E-state index contributed by atoms with van der Waals surface area (Å²) in [6.45, 7) is 6.60. The third-order valence-corrected chi connectivity index (χ3v) is 4.14. The second-order valence-electron chi connectivity index (χ2n) is 5.38. The van der Waals surface area contributed by atoms with Crippen molar-refractivity contribution in [3.63, 3.8) is 0 Å². The van der Waals surface area contributed by atoms with Crippen molar-refractivity contribution in [3.8, 4) is 0 Å². The predicted octanol–water partition coefficient (Wildman–Crippen LogP) is 3.10. The van der Waals surface area contributed by atoms with Gasteiger partial charge >= 0.3 is 12.0 Å². The first kappa shape index (κ1) is 17.4. The molecule has 118 valence electrons. The van der Waals surface area contributed by atoms with Gasteiger partial charge in [-0.15, -0.1) is 11.3 Å². The van der Waals surface area contributed by atoms with E-state index in [2.05, 4.69) is 29.5 Å². The highest BCUT2D eigenvalue weighted by molar-refractivity contribution is 7.15. The van der Waals surface area contributed by atoms with Crippen molar-refractivity contribution in [1.29, 1.82) is 0 Å². The third-order valence-electron chi connectivity index (χ3n) is 3.31. The predicted molar refractivity (Wildman–Crippen MR) is 83.7 cm³/mol. The van der Waals surface area contributed by atoms with E-state index in [-0.39, 0.29) is 12.5 Å². The van der Waals surface area contributed by atoms with Crippen LogP contribution in [-0.2, 0) is 4.79 Å². The molecule has 0 aliphatic rings. The maximum Gasteiger partial charge on any atom is 0.321 e. The van der Waals surface area contributed by atoms with Crippen LogP contribution >= 0.6 is 11.3 Å². The van der Waals surface area contributed by atoms with Crippen LogP contribution in [0, 0.1) is 18.8 Å². The second kappa shape index (κ2) is 8.61. The number of aliphatic carboxylic acids is 1. The van der Waals surface area contributed by atoms with Crippen molar-refractivity contribution in [2.45, 2.75) is 40.0 Å². The molecular formula is C14H23N3O3S. The van der Waals surface area contributed by atoms with Crippen LogP contribution in [0.5, 0.6) is 0 Å². The lowest BCUT2D eigenvalue weighted by Gasteiger charge is -2.20. The highest BCUT2D eigenvalue weighted by Crippen LogP contribution is 2.20. The van der Waals surface area contributed by atoms with Gasteiger partial charge in [0, 0.05) is 24.0 Å². The Morgan fingerprint density at radius 1 is 1.38 bits per heavy atom. The van der Waals surface area contributed by atoms with E-state index in [1.54, 1.807) is 6.20 Å². The smallest absolute Gasteiger partial charge is 0.321 e. The minimum Gasteiger partial charge on any atom is -0.481 e. The minimum atomic E-state index is -0.773. The van der Waals surface area contributed by atoms with Crippen molar-refractivity contribution in [1.82, 2.24) is 10.3 Å². The first-order valence-electron chi connectivity index (χ1n) is 7.07. The molecule has 2 amide bonds. The standard InChI is InChI=1S/C14H23N3O3S/c1-9(2)11(4-5-12(18)19)6-7-15-13(20)17-14-16-8-10(3)21-14/h8-9,11H,4-7H2,1-3H3,(H,18,19)(H2,15,16,17,20). The van der Waals surface area contributed by atoms with Crippen molar-refractivity contribution in [2.24, 2.45) is 11.8 Å². The number of carbonyl (C=O) groups is 2. The Balaban J connectivity index is 2.29. The minimum absolute atomic E-state index is 0.174. The molecule has 3 N–H and O–H groups in total. The van der Waals surface area contributed by atoms with Gasteiger partial charge in [-0.3, -0.25) is 10.1 Å². The van der Waals surface area contributed by atoms with Crippen molar-refractivity contribution < 1.29 is 14.7 Å². The van der Waals surface area contributed by atoms with E-state index < -0.39 is 5.97 Å². The van der Waals surface area contributed by atoms with E-state index in [9.17, 15) is 9.59 Å². The summed E-state index contributed by atoms with van der Waals surface area (Å²) in [4.78, 5) is 27.4. The average molecular weight is 313 g/mol. The van der Waals surface area contributed by atoms with E-state index in [1.165, 1.54) is 11.3 Å². The summed E-state index contributed by atoms with van der Waals surface area (Å²) in [5.74, 6) is -0.0789. The van der Waals surface area contributed by atoms with Crippen molar-refractivity contribution >= 4 is 28.5 Å². The Morgan fingerprint density at radius 3 is 2.62 bits per heavy atom. The number of nitrogens with zero attached hydrogens (tertiary/aromatic N) is 1. The molecule has 1 atom stereocenters. The van der Waals surface area contributed by atoms with Gasteiger partial charge in [0.25, 0.3) is 0 Å². The zero-order valence-electron chi connectivity index (χ0n) is 12.7. The summed E-state index contributed by atoms with van der Waals surface area (Å²) in [5, 5.41) is 14.8. The number of aryl methyl sites for hydroxylation is 1. The molecule has 0 radical (unpaired) electrons. The zero-order chi connectivity index (χ0) is 15.8. The number of nitrogens with one attached hydrogen (secondary N) is 2. The SMILES string of the molecule is Cc1cnc(NC(=O)NCCC(CCC(=O)O)C(C)C)s1. The quantitative estimate of drug-likeness (QED) is 0.687. The molecule has 0 aromatic carbocycles. The molecule has 0 aliphatic carbocycles. The maximum absolute atomic E-state index is 11.7.